The van der Waals surface area contributed by atoms with Crippen molar-refractivity contribution in [3.63, 3.8) is 0 Å². The second-order valence-electron chi connectivity index (χ2n) is 20.7. The van der Waals surface area contributed by atoms with Crippen LogP contribution in [0.25, 0.3) is 44.7 Å². The molecule has 0 radical (unpaired) electrons. The predicted molar refractivity (Wildman–Crippen MR) is 258 cm³/mol. The highest BCUT2D eigenvalue weighted by atomic mass is 32.1. The number of rotatable bonds is 12. The van der Waals surface area contributed by atoms with Crippen molar-refractivity contribution >= 4 is 46.2 Å². The third-order valence-corrected chi connectivity index (χ3v) is 16.7. The molecule has 0 bridgehead atoms. The lowest BCUT2D eigenvalue weighted by molar-refractivity contribution is -0.137. The molecule has 4 amide bonds. The maximum Gasteiger partial charge on any atom is 0.407 e. The van der Waals surface area contributed by atoms with Crippen molar-refractivity contribution < 1.29 is 37.8 Å². The van der Waals surface area contributed by atoms with Crippen molar-refractivity contribution in [2.24, 2.45) is 23.7 Å². The fraction of sp³-hybridized carbons (Fsp3) is 0.462. The number of piperidine rings is 2. The molecule has 7 heterocycles. The van der Waals surface area contributed by atoms with Crippen molar-refractivity contribution in [1.82, 2.24) is 44.9 Å². The van der Waals surface area contributed by atoms with Gasteiger partial charge in [-0.25, -0.2) is 23.9 Å². The normalized spacial score (nSPS) is 24.7. The van der Waals surface area contributed by atoms with Gasteiger partial charge in [-0.3, -0.25) is 14.2 Å². The molecule has 3 aliphatic heterocycles. The number of hydrogen-bond donors (Lipinski definition) is 4. The molecular formula is C52H56FN9O7S. The van der Waals surface area contributed by atoms with Crippen LogP contribution in [0, 0.1) is 29.5 Å². The number of fused-ring (bicyclic) bond motifs is 7. The van der Waals surface area contributed by atoms with Gasteiger partial charge in [0, 0.05) is 33.5 Å². The summed E-state index contributed by atoms with van der Waals surface area (Å²) in [5, 5.41) is 6.38. The van der Waals surface area contributed by atoms with Crippen LogP contribution < -0.4 is 15.4 Å². The van der Waals surface area contributed by atoms with Gasteiger partial charge in [0.15, 0.2) is 0 Å². The number of ether oxygens (including phenoxy) is 3. The standard InChI is InChI=1S/C52H56FN9O7S/c1-23(2)44(58-51(65)67-5)48(63)60-35-15-29(35)18-38(60)46-54-21-32(56-46)26-9-10-34-28(13-26)17-37-43-31(53)14-27(20-40(43)69-50(62(34)37)42-12-11-41(70-42)25-7-8-25)33-22-55-47(57-33)39-19-30-16-36(30)61(39)49(64)45(24(3)4)59-52(66)68-6/h9-14,17,20-25,29-30,35-36,38-39,44-45,50H,7-8,15-16,18-19H2,1-6H3,(H,54,56)(H,55,57)(H,58,65)(H,59,66)/t29-,30-,35-,36-,38+,39+,44+,45+,50?/m1/s1. The molecule has 16 nitrogen and oxygen atoms in total. The molecule has 5 fully saturated rings. The van der Waals surface area contributed by atoms with E-state index >= 15 is 4.39 Å². The molecule has 6 aliphatic rings. The van der Waals surface area contributed by atoms with Gasteiger partial charge in [-0.15, -0.1) is 11.3 Å². The summed E-state index contributed by atoms with van der Waals surface area (Å²) in [4.78, 5) is 75.3. The number of aromatic amines is 2. The number of thiophene rings is 1. The Morgan fingerprint density at radius 3 is 1.87 bits per heavy atom. The van der Waals surface area contributed by atoms with Crippen LogP contribution in [0.1, 0.15) is 112 Å². The molecule has 4 aromatic heterocycles. The van der Waals surface area contributed by atoms with Crippen LogP contribution >= 0.6 is 11.3 Å². The maximum atomic E-state index is 17.0. The summed E-state index contributed by atoms with van der Waals surface area (Å²) in [6, 6.07) is 14.0. The Bertz CT molecular complexity index is 3100. The smallest absolute Gasteiger partial charge is 0.407 e. The van der Waals surface area contributed by atoms with Crippen molar-refractivity contribution in [2.75, 3.05) is 14.2 Å². The van der Waals surface area contributed by atoms with E-state index in [9.17, 15) is 19.2 Å². The first-order chi connectivity index (χ1) is 33.8. The number of nitrogens with one attached hydrogen (secondary N) is 4. The molecule has 9 atom stereocenters. The zero-order valence-electron chi connectivity index (χ0n) is 39.8. The Kier molecular flexibility index (Phi) is 10.6. The summed E-state index contributed by atoms with van der Waals surface area (Å²) in [7, 11) is 2.57. The molecule has 6 aromatic rings. The van der Waals surface area contributed by atoms with E-state index in [0.29, 0.717) is 57.7 Å². The van der Waals surface area contributed by atoms with Crippen LogP contribution in [0.15, 0.2) is 60.9 Å². The lowest BCUT2D eigenvalue weighted by atomic mass is 10.0. The lowest BCUT2D eigenvalue weighted by Gasteiger charge is -2.32. The van der Waals surface area contributed by atoms with Gasteiger partial charge in [0.1, 0.15) is 35.3 Å². The number of H-pyrrole nitrogens is 2. The largest absolute Gasteiger partial charge is 0.464 e. The zero-order chi connectivity index (χ0) is 48.4. The number of nitrogens with zero attached hydrogens (tertiary/aromatic N) is 5. The van der Waals surface area contributed by atoms with E-state index in [1.165, 1.54) is 38.0 Å². The molecule has 2 saturated heterocycles. The molecule has 4 N–H and O–H groups in total. The number of benzene rings is 2. The molecule has 364 valence electrons. The third-order valence-electron chi connectivity index (χ3n) is 15.4. The Balaban J connectivity index is 0.861. The minimum Gasteiger partial charge on any atom is -0.464 e. The first-order valence-electron chi connectivity index (χ1n) is 24.5. The van der Waals surface area contributed by atoms with Gasteiger partial charge >= 0.3 is 12.2 Å². The van der Waals surface area contributed by atoms with Crippen LogP contribution in [0.4, 0.5) is 14.0 Å². The number of likely N-dealkylation sites (tertiary alicyclic amines) is 2. The minimum atomic E-state index is -0.757. The molecule has 3 saturated carbocycles. The lowest BCUT2D eigenvalue weighted by Crippen LogP contribution is -2.52. The molecule has 3 aliphatic carbocycles. The molecular weight excluding hydrogens is 914 g/mol. The summed E-state index contributed by atoms with van der Waals surface area (Å²) in [6.07, 6.45) is 7.34. The van der Waals surface area contributed by atoms with Gasteiger partial charge in [0.05, 0.1) is 71.7 Å². The van der Waals surface area contributed by atoms with Gasteiger partial charge in [-0.1, -0.05) is 33.8 Å². The quantitative estimate of drug-likeness (QED) is 0.0927. The van der Waals surface area contributed by atoms with E-state index < -0.39 is 36.3 Å². The average molecular weight is 970 g/mol. The second-order valence-corrected chi connectivity index (χ2v) is 21.8. The highest BCUT2D eigenvalue weighted by Gasteiger charge is 2.57. The molecule has 18 heteroatoms. The Labute approximate surface area is 407 Å². The summed E-state index contributed by atoms with van der Waals surface area (Å²) in [5.41, 5.74) is 4.77. The van der Waals surface area contributed by atoms with Gasteiger partial charge in [0.25, 0.3) is 0 Å². The van der Waals surface area contributed by atoms with Crippen LogP contribution in [0.5, 0.6) is 5.75 Å². The van der Waals surface area contributed by atoms with E-state index in [-0.39, 0.29) is 47.8 Å². The number of carbonyl (C=O) groups is 4. The number of aromatic nitrogens is 5. The predicted octanol–water partition coefficient (Wildman–Crippen LogP) is 9.19. The number of alkyl carbamates (subject to hydrolysis) is 2. The monoisotopic (exact) mass is 969 g/mol. The summed E-state index contributed by atoms with van der Waals surface area (Å²) in [6.45, 7) is 7.61. The topological polar surface area (TPSA) is 189 Å². The molecule has 2 aromatic carbocycles. The van der Waals surface area contributed by atoms with Crippen molar-refractivity contribution in [1.29, 1.82) is 0 Å². The number of imidazole rings is 2. The van der Waals surface area contributed by atoms with Crippen LogP contribution in [-0.4, -0.2) is 96.7 Å². The average Bonchev–Trinajstić information content (AvgIpc) is 4.15. The number of halogens is 1. The van der Waals surface area contributed by atoms with Crippen molar-refractivity contribution in [3.05, 3.63) is 88.1 Å². The van der Waals surface area contributed by atoms with Crippen molar-refractivity contribution in [3.8, 4) is 39.5 Å². The Morgan fingerprint density at radius 1 is 0.743 bits per heavy atom. The van der Waals surface area contributed by atoms with E-state index in [1.807, 2.05) is 61.8 Å². The second kappa shape index (κ2) is 16.7. The maximum absolute atomic E-state index is 17.0. The minimum absolute atomic E-state index is 0.0724. The highest BCUT2D eigenvalue weighted by molar-refractivity contribution is 7.12. The first kappa shape index (κ1) is 44.5. The molecule has 12 rings (SSSR count). The van der Waals surface area contributed by atoms with Gasteiger partial charge < -0.3 is 44.6 Å². The Hall–Kier alpha value is -6.69. The summed E-state index contributed by atoms with van der Waals surface area (Å²) < 4.78 is 35.7. The van der Waals surface area contributed by atoms with E-state index in [2.05, 4.69) is 43.4 Å². The van der Waals surface area contributed by atoms with Crippen LogP contribution in [0.3, 0.4) is 0 Å². The van der Waals surface area contributed by atoms with Crippen LogP contribution in [0.2, 0.25) is 0 Å². The first-order valence-corrected chi connectivity index (χ1v) is 25.3. The van der Waals surface area contributed by atoms with E-state index in [0.717, 1.165) is 52.7 Å². The SMILES string of the molecule is COC(=O)N[C@H](C(=O)N1[C@@H]2C[C@@H]2C[C@H]1c1ncc(-c2cc(F)c3c(c2)OC(c2ccc(C4CC4)s2)n2c-3cc3cc(-c4cnc([C@@H]5C[C@H]6C[C@H]6N5C(=O)[C@@H](NC(=O)OC)C(C)C)[nH]4)ccc32)[nH]1)C(C)C. The summed E-state index contributed by atoms with van der Waals surface area (Å²) in [5.74, 6) is 1.95. The summed E-state index contributed by atoms with van der Waals surface area (Å²) >= 11 is 1.74. The van der Waals surface area contributed by atoms with E-state index in [4.69, 9.17) is 24.2 Å². The fourth-order valence-corrected chi connectivity index (χ4v) is 12.6. The number of hydrogen-bond acceptors (Lipinski definition) is 10. The van der Waals surface area contributed by atoms with Gasteiger partial charge in [-0.2, -0.15) is 0 Å². The number of carbonyl (C=O) groups excluding carboxylic acids is 4. The van der Waals surface area contributed by atoms with Crippen molar-refractivity contribution in [2.45, 2.75) is 115 Å². The van der Waals surface area contributed by atoms with Crippen LogP contribution in [-0.2, 0) is 19.1 Å². The fourth-order valence-electron chi connectivity index (χ4n) is 11.4. The molecule has 70 heavy (non-hydrogen) atoms. The number of amides is 4. The highest BCUT2D eigenvalue weighted by Crippen LogP contribution is 2.55. The molecule has 1 unspecified atom stereocenters. The zero-order valence-corrected chi connectivity index (χ0v) is 40.6. The number of methoxy groups -OCH3 is 2. The van der Waals surface area contributed by atoms with Gasteiger partial charge in [0.2, 0.25) is 18.0 Å². The van der Waals surface area contributed by atoms with Gasteiger partial charge in [-0.05, 0) is 111 Å². The molecule has 0 spiro atoms. The third kappa shape index (κ3) is 7.51. The Morgan fingerprint density at radius 2 is 1.31 bits per heavy atom. The van der Waals surface area contributed by atoms with E-state index in [1.54, 1.807) is 23.7 Å².